The molecule has 2 saturated heterocycles. The van der Waals surface area contributed by atoms with Gasteiger partial charge in [0.25, 0.3) is 0 Å². The fourth-order valence-corrected chi connectivity index (χ4v) is 4.18. The Bertz CT molecular complexity index is 572. The van der Waals surface area contributed by atoms with Crippen molar-refractivity contribution in [3.05, 3.63) is 35.9 Å². The van der Waals surface area contributed by atoms with Crippen molar-refractivity contribution in [2.75, 3.05) is 45.8 Å². The van der Waals surface area contributed by atoms with Gasteiger partial charge >= 0.3 is 0 Å². The fraction of sp³-hybridized carbons (Fsp3) is 0.696. The predicted octanol–water partition coefficient (Wildman–Crippen LogP) is 2.94. The first-order valence-corrected chi connectivity index (χ1v) is 11.3. The number of guanidine groups is 1. The highest BCUT2D eigenvalue weighted by molar-refractivity contribution is 5.80. The molecule has 2 fully saturated rings. The summed E-state index contributed by atoms with van der Waals surface area (Å²) in [6, 6.07) is 11.3. The standard InChI is InChI=1S/C23H39N5/c1-3-24-23(25-13-18-27-14-9-20(2)10-15-27)26-22-11-16-28(17-12-22)19-21-7-5-4-6-8-21/h4-8,20,22H,3,9-19H2,1-2H3,(H2,24,25,26). The third-order valence-electron chi connectivity index (χ3n) is 6.08. The zero-order chi connectivity index (χ0) is 19.6. The van der Waals surface area contributed by atoms with E-state index in [2.05, 4.69) is 64.6 Å². The van der Waals surface area contributed by atoms with Crippen LogP contribution in [0.3, 0.4) is 0 Å². The molecule has 28 heavy (non-hydrogen) atoms. The van der Waals surface area contributed by atoms with Crippen molar-refractivity contribution in [2.24, 2.45) is 10.9 Å². The summed E-state index contributed by atoms with van der Waals surface area (Å²) in [5.41, 5.74) is 1.41. The van der Waals surface area contributed by atoms with Crippen molar-refractivity contribution < 1.29 is 0 Å². The maximum absolute atomic E-state index is 4.85. The van der Waals surface area contributed by atoms with Crippen LogP contribution in [0.2, 0.25) is 0 Å². The molecule has 0 aliphatic carbocycles. The van der Waals surface area contributed by atoms with Crippen LogP contribution in [0.4, 0.5) is 0 Å². The number of hydrogen-bond donors (Lipinski definition) is 2. The van der Waals surface area contributed by atoms with Crippen LogP contribution in [0, 0.1) is 5.92 Å². The van der Waals surface area contributed by atoms with E-state index in [9.17, 15) is 0 Å². The predicted molar refractivity (Wildman–Crippen MR) is 119 cm³/mol. The van der Waals surface area contributed by atoms with Crippen LogP contribution in [0.25, 0.3) is 0 Å². The topological polar surface area (TPSA) is 42.9 Å². The van der Waals surface area contributed by atoms with Gasteiger partial charge in [-0.3, -0.25) is 9.89 Å². The molecular formula is C23H39N5. The van der Waals surface area contributed by atoms with Crippen LogP contribution in [0.1, 0.15) is 45.1 Å². The molecule has 2 aliphatic heterocycles. The minimum atomic E-state index is 0.528. The Morgan fingerprint density at radius 3 is 2.36 bits per heavy atom. The van der Waals surface area contributed by atoms with Gasteiger partial charge in [0, 0.05) is 38.8 Å². The number of piperidine rings is 2. The van der Waals surface area contributed by atoms with Gasteiger partial charge in [0.05, 0.1) is 6.54 Å². The van der Waals surface area contributed by atoms with Crippen molar-refractivity contribution in [3.63, 3.8) is 0 Å². The van der Waals surface area contributed by atoms with Crippen molar-refractivity contribution in [1.82, 2.24) is 20.4 Å². The maximum atomic E-state index is 4.85. The van der Waals surface area contributed by atoms with Crippen molar-refractivity contribution in [3.8, 4) is 0 Å². The molecule has 3 rings (SSSR count). The molecule has 0 amide bonds. The van der Waals surface area contributed by atoms with Gasteiger partial charge < -0.3 is 15.5 Å². The lowest BCUT2D eigenvalue weighted by atomic mass is 9.99. The second-order valence-electron chi connectivity index (χ2n) is 8.47. The van der Waals surface area contributed by atoms with Crippen LogP contribution >= 0.6 is 0 Å². The fourth-order valence-electron chi connectivity index (χ4n) is 4.18. The Morgan fingerprint density at radius 1 is 1.00 bits per heavy atom. The van der Waals surface area contributed by atoms with Gasteiger partial charge in [-0.25, -0.2) is 0 Å². The van der Waals surface area contributed by atoms with E-state index in [1.807, 2.05) is 0 Å². The second-order valence-corrected chi connectivity index (χ2v) is 8.47. The Kier molecular flexibility index (Phi) is 8.62. The lowest BCUT2D eigenvalue weighted by Crippen LogP contribution is -2.48. The quantitative estimate of drug-likeness (QED) is 0.559. The highest BCUT2D eigenvalue weighted by atomic mass is 15.2. The first-order chi connectivity index (χ1) is 13.7. The Morgan fingerprint density at radius 2 is 1.68 bits per heavy atom. The molecule has 0 atom stereocenters. The largest absolute Gasteiger partial charge is 0.357 e. The first kappa shape index (κ1) is 21.1. The highest BCUT2D eigenvalue weighted by Crippen LogP contribution is 2.16. The Balaban J connectivity index is 1.39. The lowest BCUT2D eigenvalue weighted by Gasteiger charge is -2.33. The van der Waals surface area contributed by atoms with E-state index in [0.717, 1.165) is 51.1 Å². The summed E-state index contributed by atoms with van der Waals surface area (Å²) in [7, 11) is 0. The van der Waals surface area contributed by atoms with E-state index >= 15 is 0 Å². The van der Waals surface area contributed by atoms with E-state index in [-0.39, 0.29) is 0 Å². The molecule has 2 aliphatic rings. The monoisotopic (exact) mass is 385 g/mol. The third-order valence-corrected chi connectivity index (χ3v) is 6.08. The Hall–Kier alpha value is -1.59. The molecule has 1 aromatic carbocycles. The minimum absolute atomic E-state index is 0.528. The van der Waals surface area contributed by atoms with Crippen LogP contribution in [-0.4, -0.2) is 67.6 Å². The molecule has 0 bridgehead atoms. The zero-order valence-corrected chi connectivity index (χ0v) is 17.9. The third kappa shape index (κ3) is 7.10. The van der Waals surface area contributed by atoms with Gasteiger partial charge in [0.15, 0.2) is 5.96 Å². The summed E-state index contributed by atoms with van der Waals surface area (Å²) in [6.45, 7) is 13.2. The number of nitrogens with one attached hydrogen (secondary N) is 2. The van der Waals surface area contributed by atoms with Crippen molar-refractivity contribution >= 4 is 5.96 Å². The van der Waals surface area contributed by atoms with Crippen molar-refractivity contribution in [1.29, 1.82) is 0 Å². The van der Waals surface area contributed by atoms with Gasteiger partial charge in [-0.1, -0.05) is 37.3 Å². The zero-order valence-electron chi connectivity index (χ0n) is 17.9. The molecule has 1 aromatic rings. The molecule has 0 saturated carbocycles. The van der Waals surface area contributed by atoms with Crippen molar-refractivity contribution in [2.45, 2.75) is 52.1 Å². The van der Waals surface area contributed by atoms with Crippen LogP contribution in [-0.2, 0) is 6.54 Å². The molecule has 2 heterocycles. The van der Waals surface area contributed by atoms with Crippen LogP contribution < -0.4 is 10.6 Å². The SMILES string of the molecule is CCNC(=NCCN1CCC(C)CC1)NC1CCN(Cc2ccccc2)CC1. The molecule has 0 unspecified atom stereocenters. The molecular weight excluding hydrogens is 346 g/mol. The highest BCUT2D eigenvalue weighted by Gasteiger charge is 2.20. The van der Waals surface area contributed by atoms with Crippen LogP contribution in [0.5, 0.6) is 0 Å². The average Bonchev–Trinajstić information content (AvgIpc) is 2.72. The van der Waals surface area contributed by atoms with Gasteiger partial charge in [0.1, 0.15) is 0 Å². The van der Waals surface area contributed by atoms with Gasteiger partial charge in [-0.05, 0) is 57.2 Å². The Labute approximate surface area is 171 Å². The van der Waals surface area contributed by atoms with Gasteiger partial charge in [-0.15, -0.1) is 0 Å². The normalized spacial score (nSPS) is 21.0. The van der Waals surface area contributed by atoms with Gasteiger partial charge in [0.2, 0.25) is 0 Å². The summed E-state index contributed by atoms with van der Waals surface area (Å²) in [6.07, 6.45) is 5.04. The molecule has 0 spiro atoms. The number of hydrogen-bond acceptors (Lipinski definition) is 3. The summed E-state index contributed by atoms with van der Waals surface area (Å²) < 4.78 is 0. The number of likely N-dealkylation sites (tertiary alicyclic amines) is 2. The molecule has 156 valence electrons. The summed E-state index contributed by atoms with van der Waals surface area (Å²) in [4.78, 5) is 9.98. The molecule has 5 nitrogen and oxygen atoms in total. The van der Waals surface area contributed by atoms with E-state index in [1.165, 1.54) is 44.3 Å². The lowest BCUT2D eigenvalue weighted by molar-refractivity contribution is 0.196. The maximum Gasteiger partial charge on any atom is 0.191 e. The summed E-state index contributed by atoms with van der Waals surface area (Å²) >= 11 is 0. The van der Waals surface area contributed by atoms with Crippen LogP contribution in [0.15, 0.2) is 35.3 Å². The van der Waals surface area contributed by atoms with E-state index < -0.39 is 0 Å². The molecule has 5 heteroatoms. The van der Waals surface area contributed by atoms with Gasteiger partial charge in [-0.2, -0.15) is 0 Å². The number of rotatable bonds is 7. The minimum Gasteiger partial charge on any atom is -0.357 e. The molecule has 0 radical (unpaired) electrons. The number of benzene rings is 1. The first-order valence-electron chi connectivity index (χ1n) is 11.3. The summed E-state index contributed by atoms with van der Waals surface area (Å²) in [5, 5.41) is 7.11. The summed E-state index contributed by atoms with van der Waals surface area (Å²) in [5.74, 6) is 1.89. The van der Waals surface area contributed by atoms with E-state index in [1.54, 1.807) is 0 Å². The average molecular weight is 386 g/mol. The smallest absolute Gasteiger partial charge is 0.191 e. The number of aliphatic imine (C=N–C) groups is 1. The number of nitrogens with zero attached hydrogens (tertiary/aromatic N) is 3. The van der Waals surface area contributed by atoms with E-state index in [0.29, 0.717) is 6.04 Å². The van der Waals surface area contributed by atoms with E-state index in [4.69, 9.17) is 4.99 Å². The molecule has 2 N–H and O–H groups in total. The second kappa shape index (κ2) is 11.4. The molecule has 0 aromatic heterocycles.